The molecular formula is C8H16N2O4S3. The molecule has 6 nitrogen and oxygen atoms in total. The highest BCUT2D eigenvalue weighted by Gasteiger charge is 2.29. The zero-order chi connectivity index (χ0) is 13.7. The lowest BCUT2D eigenvalue weighted by atomic mass is 10.1. The van der Waals surface area contributed by atoms with E-state index in [2.05, 4.69) is 0 Å². The van der Waals surface area contributed by atoms with Crippen molar-refractivity contribution < 1.29 is 19.8 Å². The summed E-state index contributed by atoms with van der Waals surface area (Å²) in [6.45, 7) is 2.86. The summed E-state index contributed by atoms with van der Waals surface area (Å²) >= 11 is 0. The van der Waals surface area contributed by atoms with Gasteiger partial charge in [0, 0.05) is 11.5 Å². The molecule has 100 valence electrons. The maximum Gasteiger partial charge on any atom is 0.324 e. The van der Waals surface area contributed by atoms with Crippen molar-refractivity contribution in [1.29, 1.82) is 0 Å². The molecule has 0 spiro atoms. The van der Waals surface area contributed by atoms with Crippen LogP contribution in [-0.2, 0) is 9.59 Å². The molecule has 9 heteroatoms. The summed E-state index contributed by atoms with van der Waals surface area (Å²) in [7, 11) is 3.82. The molecule has 0 saturated carbocycles. The fourth-order valence-corrected chi connectivity index (χ4v) is 4.79. The van der Waals surface area contributed by atoms with Gasteiger partial charge in [-0.3, -0.25) is 9.59 Å². The fraction of sp³-hybridized carbons (Fsp3) is 0.750. The fourth-order valence-electron chi connectivity index (χ4n) is 0.450. The zero-order valence-electron chi connectivity index (χ0n) is 9.50. The summed E-state index contributed by atoms with van der Waals surface area (Å²) in [6.07, 6.45) is 0. The molecule has 0 amide bonds. The molecule has 0 heterocycles. The molecule has 0 aliphatic carbocycles. The molecule has 0 aromatic rings. The Hall–Kier alpha value is -0.0900. The second kappa shape index (κ2) is 6.74. The van der Waals surface area contributed by atoms with Crippen LogP contribution in [0.3, 0.4) is 0 Å². The second-order valence-corrected chi connectivity index (χ2v) is 8.27. The van der Waals surface area contributed by atoms with Crippen LogP contribution < -0.4 is 11.5 Å². The van der Waals surface area contributed by atoms with Crippen LogP contribution in [0.25, 0.3) is 0 Å². The molecule has 0 bridgehead atoms. The van der Waals surface area contributed by atoms with Crippen molar-refractivity contribution in [3.8, 4) is 0 Å². The van der Waals surface area contributed by atoms with Gasteiger partial charge in [-0.2, -0.15) is 0 Å². The maximum atomic E-state index is 10.7. The van der Waals surface area contributed by atoms with Gasteiger partial charge in [0.2, 0.25) is 0 Å². The molecule has 0 saturated heterocycles. The van der Waals surface area contributed by atoms with Crippen molar-refractivity contribution in [2.45, 2.75) is 24.9 Å². The van der Waals surface area contributed by atoms with E-state index in [0.29, 0.717) is 0 Å². The molecule has 0 aromatic carbocycles. The second-order valence-electron chi connectivity index (χ2n) is 4.04. The Balaban J connectivity index is 3.81. The summed E-state index contributed by atoms with van der Waals surface area (Å²) in [6, 6.07) is 0. The van der Waals surface area contributed by atoms with E-state index in [0.717, 1.165) is 0 Å². The first-order valence-corrected chi connectivity index (χ1v) is 8.37. The SMILES string of the molecule is CC(N)(CSSSCC(C)(N)C(=O)O)C(=O)O. The van der Waals surface area contributed by atoms with Gasteiger partial charge in [0.1, 0.15) is 11.1 Å². The lowest BCUT2D eigenvalue weighted by Crippen LogP contribution is -2.47. The Morgan fingerprint density at radius 3 is 1.53 bits per heavy atom. The standard InChI is InChI=1S/C8H16N2O4S3/c1-7(9,5(11)12)3-15-17-16-4-8(2,10)6(13)14/h3-4,9-10H2,1-2H3,(H,11,12)(H,13,14). The van der Waals surface area contributed by atoms with Crippen LogP contribution in [0.15, 0.2) is 0 Å². The molecule has 0 radical (unpaired) electrons. The number of carboxylic acid groups (broad SMARTS) is 2. The molecule has 0 fully saturated rings. The number of carboxylic acids is 2. The Morgan fingerprint density at radius 1 is 1.00 bits per heavy atom. The number of carbonyl (C=O) groups is 2. The highest BCUT2D eigenvalue weighted by Crippen LogP contribution is 2.37. The monoisotopic (exact) mass is 300 g/mol. The van der Waals surface area contributed by atoms with Gasteiger partial charge in [0.05, 0.1) is 0 Å². The van der Waals surface area contributed by atoms with E-state index in [1.165, 1.54) is 45.3 Å². The van der Waals surface area contributed by atoms with Crippen LogP contribution in [-0.4, -0.2) is 44.7 Å². The minimum Gasteiger partial charge on any atom is -0.480 e. The Morgan fingerprint density at radius 2 is 1.29 bits per heavy atom. The molecule has 6 N–H and O–H groups in total. The van der Waals surface area contributed by atoms with E-state index >= 15 is 0 Å². The third kappa shape index (κ3) is 6.41. The molecular weight excluding hydrogens is 284 g/mol. The maximum absolute atomic E-state index is 10.7. The summed E-state index contributed by atoms with van der Waals surface area (Å²) in [4.78, 5) is 21.4. The summed E-state index contributed by atoms with van der Waals surface area (Å²) in [5, 5.41) is 17.5. The first-order chi connectivity index (χ1) is 7.59. The number of aliphatic carboxylic acids is 2. The van der Waals surface area contributed by atoms with Gasteiger partial charge in [-0.25, -0.2) is 0 Å². The smallest absolute Gasteiger partial charge is 0.324 e. The Labute approximate surface area is 111 Å². The predicted octanol–water partition coefficient (Wildman–Crippen LogP) is 0.620. The minimum atomic E-state index is -1.28. The summed E-state index contributed by atoms with van der Waals surface area (Å²) in [5.74, 6) is -1.67. The van der Waals surface area contributed by atoms with Crippen molar-refractivity contribution in [2.24, 2.45) is 11.5 Å². The molecule has 2 atom stereocenters. The Kier molecular flexibility index (Phi) is 6.70. The van der Waals surface area contributed by atoms with Crippen LogP contribution in [0.5, 0.6) is 0 Å². The van der Waals surface area contributed by atoms with Crippen molar-refractivity contribution in [3.05, 3.63) is 0 Å². The van der Waals surface area contributed by atoms with Crippen LogP contribution >= 0.6 is 31.4 Å². The van der Waals surface area contributed by atoms with E-state index in [-0.39, 0.29) is 11.5 Å². The van der Waals surface area contributed by atoms with E-state index < -0.39 is 23.0 Å². The van der Waals surface area contributed by atoms with E-state index in [4.69, 9.17) is 21.7 Å². The number of hydrogen-bond acceptors (Lipinski definition) is 7. The van der Waals surface area contributed by atoms with Gasteiger partial charge in [-0.15, -0.1) is 0 Å². The molecule has 0 aliphatic rings. The largest absolute Gasteiger partial charge is 0.480 e. The van der Waals surface area contributed by atoms with Gasteiger partial charge in [0.15, 0.2) is 0 Å². The van der Waals surface area contributed by atoms with Crippen LogP contribution in [0.2, 0.25) is 0 Å². The predicted molar refractivity (Wildman–Crippen MR) is 73.0 cm³/mol. The topological polar surface area (TPSA) is 127 Å². The number of rotatable bonds is 8. The highest BCUT2D eigenvalue weighted by molar-refractivity contribution is 9.09. The first kappa shape index (κ1) is 16.9. The van der Waals surface area contributed by atoms with E-state index in [1.807, 2.05) is 0 Å². The van der Waals surface area contributed by atoms with E-state index in [9.17, 15) is 9.59 Å². The first-order valence-electron chi connectivity index (χ1n) is 4.55. The van der Waals surface area contributed by atoms with Gasteiger partial charge in [0.25, 0.3) is 0 Å². The summed E-state index contributed by atoms with van der Waals surface area (Å²) < 4.78 is 0. The van der Waals surface area contributed by atoms with Crippen molar-refractivity contribution in [3.63, 3.8) is 0 Å². The van der Waals surface area contributed by atoms with Crippen molar-refractivity contribution in [2.75, 3.05) is 11.5 Å². The van der Waals surface area contributed by atoms with Gasteiger partial charge in [-0.1, -0.05) is 21.6 Å². The lowest BCUT2D eigenvalue weighted by Gasteiger charge is -2.19. The molecule has 17 heavy (non-hydrogen) atoms. The average molecular weight is 300 g/mol. The molecule has 0 aromatic heterocycles. The Bertz CT molecular complexity index is 268. The highest BCUT2D eigenvalue weighted by atomic mass is 33.5. The van der Waals surface area contributed by atoms with Crippen LogP contribution in [0.4, 0.5) is 0 Å². The van der Waals surface area contributed by atoms with Crippen molar-refractivity contribution in [1.82, 2.24) is 0 Å². The molecule has 2 unspecified atom stereocenters. The van der Waals surface area contributed by atoms with Gasteiger partial charge in [-0.05, 0) is 23.7 Å². The number of nitrogens with two attached hydrogens (primary N) is 2. The van der Waals surface area contributed by atoms with Crippen molar-refractivity contribution >= 4 is 43.4 Å². The summed E-state index contributed by atoms with van der Waals surface area (Å²) in [5.41, 5.74) is 8.47. The minimum absolute atomic E-state index is 0.231. The van der Waals surface area contributed by atoms with E-state index in [1.54, 1.807) is 0 Å². The molecule has 0 rings (SSSR count). The van der Waals surface area contributed by atoms with Gasteiger partial charge < -0.3 is 21.7 Å². The third-order valence-corrected chi connectivity index (χ3v) is 6.43. The lowest BCUT2D eigenvalue weighted by molar-refractivity contribution is -0.142. The van der Waals surface area contributed by atoms with Gasteiger partial charge >= 0.3 is 11.9 Å². The number of hydrogen-bond donors (Lipinski definition) is 4. The van der Waals surface area contributed by atoms with Crippen LogP contribution in [0, 0.1) is 0 Å². The normalized spacial score (nSPS) is 18.1. The average Bonchev–Trinajstić information content (AvgIpc) is 2.16. The third-order valence-electron chi connectivity index (χ3n) is 1.79. The van der Waals surface area contributed by atoms with Crippen LogP contribution in [0.1, 0.15) is 13.8 Å². The zero-order valence-corrected chi connectivity index (χ0v) is 12.0. The quantitative estimate of drug-likeness (QED) is 0.377. The molecule has 0 aliphatic heterocycles.